The molecule has 2 heterocycles. The molecule has 1 aliphatic heterocycles. The molecule has 9 heteroatoms. The molecule has 2 aromatic rings. The molecular formula is C23H28N2O5S2. The van der Waals surface area contributed by atoms with Crippen molar-refractivity contribution in [3.8, 4) is 0 Å². The smallest absolute Gasteiger partial charge is 0.410 e. The second-order valence-electron chi connectivity index (χ2n) is 7.44. The number of benzene rings is 1. The van der Waals surface area contributed by atoms with E-state index < -0.39 is 5.97 Å². The van der Waals surface area contributed by atoms with Gasteiger partial charge in [-0.3, -0.25) is 4.79 Å². The van der Waals surface area contributed by atoms with Gasteiger partial charge < -0.3 is 19.7 Å². The standard InChI is InChI=1S/C23H28N2O5S2/c1-5-29-22(27)19-17-11-12-25(23(28)30-6-2)13-18(17)32-21(19)24-20(26)15-7-9-16(10-8-15)31-14(3)4/h7-10,14H,5-6,11-13H2,1-4H3,(H,24,26). The Labute approximate surface area is 196 Å². The van der Waals surface area contributed by atoms with Gasteiger partial charge in [0.25, 0.3) is 5.91 Å². The number of thiophene rings is 1. The minimum atomic E-state index is -0.464. The fourth-order valence-electron chi connectivity index (χ4n) is 3.41. The zero-order chi connectivity index (χ0) is 23.3. The average Bonchev–Trinajstić information content (AvgIpc) is 3.11. The second-order valence-corrected chi connectivity index (χ2v) is 10.2. The summed E-state index contributed by atoms with van der Waals surface area (Å²) in [4.78, 5) is 41.3. The van der Waals surface area contributed by atoms with Crippen LogP contribution in [-0.2, 0) is 22.4 Å². The maximum absolute atomic E-state index is 12.9. The molecule has 0 aliphatic carbocycles. The summed E-state index contributed by atoms with van der Waals surface area (Å²) in [5.41, 5.74) is 1.72. The van der Waals surface area contributed by atoms with Gasteiger partial charge in [0.2, 0.25) is 0 Å². The number of carbonyl (C=O) groups excluding carboxylic acids is 3. The van der Waals surface area contributed by atoms with Gasteiger partial charge in [0.15, 0.2) is 0 Å². The quantitative estimate of drug-likeness (QED) is 0.437. The normalized spacial score (nSPS) is 13.0. The second kappa shape index (κ2) is 10.9. The lowest BCUT2D eigenvalue weighted by Crippen LogP contribution is -2.36. The predicted octanol–water partition coefficient (Wildman–Crippen LogP) is 5.19. The maximum atomic E-state index is 12.9. The lowest BCUT2D eigenvalue weighted by molar-refractivity contribution is 0.0526. The lowest BCUT2D eigenvalue weighted by Gasteiger charge is -2.26. The fourth-order valence-corrected chi connectivity index (χ4v) is 5.50. The van der Waals surface area contributed by atoms with Gasteiger partial charge in [-0.25, -0.2) is 9.59 Å². The van der Waals surface area contributed by atoms with Crippen LogP contribution >= 0.6 is 23.1 Å². The van der Waals surface area contributed by atoms with Gasteiger partial charge in [-0.1, -0.05) is 13.8 Å². The van der Waals surface area contributed by atoms with Gasteiger partial charge in [0.05, 0.1) is 25.3 Å². The van der Waals surface area contributed by atoms with Gasteiger partial charge in [-0.2, -0.15) is 0 Å². The molecule has 7 nitrogen and oxygen atoms in total. The van der Waals surface area contributed by atoms with Crippen molar-refractivity contribution in [3.63, 3.8) is 0 Å². The van der Waals surface area contributed by atoms with Crippen LogP contribution in [0, 0.1) is 0 Å². The number of hydrogen-bond donors (Lipinski definition) is 1. The van der Waals surface area contributed by atoms with E-state index >= 15 is 0 Å². The van der Waals surface area contributed by atoms with Crippen molar-refractivity contribution in [2.75, 3.05) is 25.1 Å². The summed E-state index contributed by atoms with van der Waals surface area (Å²) in [5.74, 6) is -0.758. The molecule has 0 unspecified atom stereocenters. The highest BCUT2D eigenvalue weighted by Crippen LogP contribution is 2.38. The van der Waals surface area contributed by atoms with E-state index in [9.17, 15) is 14.4 Å². The Hall–Kier alpha value is -2.52. The third-order valence-electron chi connectivity index (χ3n) is 4.78. The Morgan fingerprint density at radius 1 is 1.12 bits per heavy atom. The molecule has 2 amide bonds. The fraction of sp³-hybridized carbons (Fsp3) is 0.435. The van der Waals surface area contributed by atoms with Crippen LogP contribution in [0.25, 0.3) is 0 Å². The van der Waals surface area contributed by atoms with Gasteiger partial charge in [-0.05, 0) is 50.1 Å². The third-order valence-corrected chi connectivity index (χ3v) is 6.93. The average molecular weight is 477 g/mol. The van der Waals surface area contributed by atoms with Crippen LogP contribution in [0.2, 0.25) is 0 Å². The first-order valence-corrected chi connectivity index (χ1v) is 12.3. The number of carbonyl (C=O) groups is 3. The summed E-state index contributed by atoms with van der Waals surface area (Å²) in [5, 5.41) is 3.79. The van der Waals surface area contributed by atoms with E-state index in [1.165, 1.54) is 11.3 Å². The molecule has 1 N–H and O–H groups in total. The number of rotatable bonds is 7. The van der Waals surface area contributed by atoms with E-state index in [-0.39, 0.29) is 18.6 Å². The SMILES string of the molecule is CCOC(=O)c1c(NC(=O)c2ccc(SC(C)C)cc2)sc2c1CCN(C(=O)OCC)C2. The highest BCUT2D eigenvalue weighted by Gasteiger charge is 2.31. The maximum Gasteiger partial charge on any atom is 0.410 e. The van der Waals surface area contributed by atoms with Crippen LogP contribution in [0.3, 0.4) is 0 Å². The van der Waals surface area contributed by atoms with Crippen molar-refractivity contribution in [2.24, 2.45) is 0 Å². The summed E-state index contributed by atoms with van der Waals surface area (Å²) in [6.45, 7) is 9.05. The van der Waals surface area contributed by atoms with E-state index in [2.05, 4.69) is 19.2 Å². The van der Waals surface area contributed by atoms with Crippen LogP contribution in [0.4, 0.5) is 9.80 Å². The van der Waals surface area contributed by atoms with Crippen LogP contribution in [0.1, 0.15) is 58.9 Å². The number of nitrogens with one attached hydrogen (secondary N) is 1. The van der Waals surface area contributed by atoms with Crippen LogP contribution < -0.4 is 5.32 Å². The Kier molecular flexibility index (Phi) is 8.20. The highest BCUT2D eigenvalue weighted by atomic mass is 32.2. The third kappa shape index (κ3) is 5.63. The molecule has 1 aromatic carbocycles. The van der Waals surface area contributed by atoms with Gasteiger partial charge in [0, 0.05) is 27.1 Å². The van der Waals surface area contributed by atoms with Crippen molar-refractivity contribution < 1.29 is 23.9 Å². The monoisotopic (exact) mass is 476 g/mol. The summed E-state index contributed by atoms with van der Waals surface area (Å²) in [7, 11) is 0. The zero-order valence-corrected chi connectivity index (χ0v) is 20.4. The van der Waals surface area contributed by atoms with E-state index in [1.807, 2.05) is 12.1 Å². The molecule has 0 atom stereocenters. The molecule has 1 aromatic heterocycles. The van der Waals surface area contributed by atoms with Crippen molar-refractivity contribution >= 4 is 46.1 Å². The number of anilines is 1. The van der Waals surface area contributed by atoms with E-state index in [1.54, 1.807) is 42.6 Å². The number of thioether (sulfide) groups is 1. The number of nitrogens with zero attached hydrogens (tertiary/aromatic N) is 1. The van der Waals surface area contributed by atoms with E-state index in [4.69, 9.17) is 9.47 Å². The first kappa shape index (κ1) is 24.1. The number of hydrogen-bond acceptors (Lipinski definition) is 7. The van der Waals surface area contributed by atoms with Crippen molar-refractivity contribution in [1.82, 2.24) is 4.90 Å². The molecule has 172 valence electrons. The van der Waals surface area contributed by atoms with Crippen molar-refractivity contribution in [1.29, 1.82) is 0 Å². The summed E-state index contributed by atoms with van der Waals surface area (Å²) in [6, 6.07) is 7.39. The Bertz CT molecular complexity index is 985. The summed E-state index contributed by atoms with van der Waals surface area (Å²) >= 11 is 3.03. The number of esters is 1. The highest BCUT2D eigenvalue weighted by molar-refractivity contribution is 7.99. The number of fused-ring (bicyclic) bond motifs is 1. The lowest BCUT2D eigenvalue weighted by atomic mass is 10.0. The number of amides is 2. The Balaban J connectivity index is 1.84. The molecule has 0 saturated heterocycles. The Morgan fingerprint density at radius 3 is 2.44 bits per heavy atom. The predicted molar refractivity (Wildman–Crippen MR) is 127 cm³/mol. The molecule has 0 fully saturated rings. The first-order chi connectivity index (χ1) is 15.3. The molecular weight excluding hydrogens is 448 g/mol. The van der Waals surface area contributed by atoms with E-state index in [0.717, 1.165) is 15.3 Å². The zero-order valence-electron chi connectivity index (χ0n) is 18.7. The molecule has 0 spiro atoms. The molecule has 0 saturated carbocycles. The summed E-state index contributed by atoms with van der Waals surface area (Å²) < 4.78 is 10.4. The van der Waals surface area contributed by atoms with Gasteiger partial charge in [-0.15, -0.1) is 23.1 Å². The van der Waals surface area contributed by atoms with Crippen LogP contribution in [0.15, 0.2) is 29.2 Å². The van der Waals surface area contributed by atoms with Gasteiger partial charge >= 0.3 is 12.1 Å². The topological polar surface area (TPSA) is 84.9 Å². The minimum absolute atomic E-state index is 0.237. The number of ether oxygens (including phenoxy) is 2. The van der Waals surface area contributed by atoms with Crippen molar-refractivity contribution in [3.05, 3.63) is 45.8 Å². The molecule has 3 rings (SSSR count). The first-order valence-electron chi connectivity index (χ1n) is 10.6. The van der Waals surface area contributed by atoms with E-state index in [0.29, 0.717) is 47.5 Å². The largest absolute Gasteiger partial charge is 0.462 e. The van der Waals surface area contributed by atoms with Crippen molar-refractivity contribution in [2.45, 2.75) is 50.8 Å². The Morgan fingerprint density at radius 2 is 1.81 bits per heavy atom. The van der Waals surface area contributed by atoms with Crippen LogP contribution in [-0.4, -0.2) is 47.9 Å². The molecule has 1 aliphatic rings. The minimum Gasteiger partial charge on any atom is -0.462 e. The molecule has 0 bridgehead atoms. The van der Waals surface area contributed by atoms with Crippen LogP contribution in [0.5, 0.6) is 0 Å². The molecule has 0 radical (unpaired) electrons. The van der Waals surface area contributed by atoms with Gasteiger partial charge in [0.1, 0.15) is 5.00 Å². The summed E-state index contributed by atoms with van der Waals surface area (Å²) in [6.07, 6.45) is 0.115. The molecule has 32 heavy (non-hydrogen) atoms.